The number of amides is 1. The van der Waals surface area contributed by atoms with Crippen LogP contribution in [0.5, 0.6) is 11.5 Å². The molecule has 1 N–H and O–H groups in total. The molecule has 0 aliphatic rings. The van der Waals surface area contributed by atoms with E-state index >= 15 is 0 Å². The fraction of sp³-hybridized carbons (Fsp3) is 0.294. The molecule has 1 amide bonds. The predicted molar refractivity (Wildman–Crippen MR) is 91.6 cm³/mol. The first kappa shape index (κ1) is 19.9. The number of aromatic nitrogens is 1. The smallest absolute Gasteiger partial charge is 0.447 e. The normalized spacial score (nSPS) is 12.4. The van der Waals surface area contributed by atoms with Gasteiger partial charge in [-0.2, -0.15) is 13.2 Å². The first-order valence-corrected chi connectivity index (χ1v) is 8.30. The lowest BCUT2D eigenvalue weighted by molar-refractivity contribution is -0.0329. The van der Waals surface area contributed by atoms with Crippen LogP contribution in [0.25, 0.3) is 0 Å². The highest BCUT2D eigenvalue weighted by atomic mass is 32.2. The molecule has 0 aliphatic heterocycles. The highest BCUT2D eigenvalue weighted by molar-refractivity contribution is 8.00. The number of benzene rings is 1. The molecule has 0 fully saturated rings. The lowest BCUT2D eigenvalue weighted by Crippen LogP contribution is -2.27. The van der Waals surface area contributed by atoms with Gasteiger partial charge in [0.1, 0.15) is 16.5 Å². The van der Waals surface area contributed by atoms with Gasteiger partial charge in [-0.05, 0) is 37.3 Å². The maximum atomic E-state index is 12.7. The maximum absolute atomic E-state index is 12.7. The number of pyridine rings is 1. The molecule has 5 nitrogen and oxygen atoms in total. The van der Waals surface area contributed by atoms with E-state index in [4.69, 9.17) is 9.47 Å². The highest BCUT2D eigenvalue weighted by Crippen LogP contribution is 2.37. The third kappa shape index (κ3) is 5.04. The van der Waals surface area contributed by atoms with Crippen LogP contribution in [0.1, 0.15) is 28.9 Å². The monoisotopic (exact) mass is 386 g/mol. The van der Waals surface area contributed by atoms with Gasteiger partial charge < -0.3 is 14.8 Å². The largest absolute Gasteiger partial charge is 0.497 e. The van der Waals surface area contributed by atoms with Gasteiger partial charge in [-0.25, -0.2) is 4.98 Å². The molecule has 1 aromatic carbocycles. The van der Waals surface area contributed by atoms with Crippen molar-refractivity contribution in [2.75, 3.05) is 14.2 Å². The number of hydrogen-bond donors (Lipinski definition) is 1. The predicted octanol–water partition coefficient (Wildman–Crippen LogP) is 4.20. The summed E-state index contributed by atoms with van der Waals surface area (Å²) < 4.78 is 48.4. The van der Waals surface area contributed by atoms with E-state index in [-0.39, 0.29) is 5.56 Å². The fourth-order valence-electron chi connectivity index (χ4n) is 2.28. The molecule has 0 aliphatic carbocycles. The average Bonchev–Trinajstić information content (AvgIpc) is 2.60. The number of ether oxygens (including phenoxy) is 2. The number of carbonyl (C=O) groups excluding carboxylic acids is 1. The summed E-state index contributed by atoms with van der Waals surface area (Å²) >= 11 is -0.424. The van der Waals surface area contributed by atoms with Crippen LogP contribution >= 0.6 is 11.8 Å². The number of hydrogen-bond acceptors (Lipinski definition) is 5. The molecular formula is C17H17F3N2O3S. The van der Waals surface area contributed by atoms with E-state index in [2.05, 4.69) is 10.3 Å². The van der Waals surface area contributed by atoms with Crippen molar-refractivity contribution in [3.05, 3.63) is 47.7 Å². The summed E-state index contributed by atoms with van der Waals surface area (Å²) in [7, 11) is 2.99. The van der Waals surface area contributed by atoms with Crippen LogP contribution in [0.15, 0.2) is 41.6 Å². The fourth-order valence-corrected chi connectivity index (χ4v) is 2.89. The van der Waals surface area contributed by atoms with Gasteiger partial charge in [0, 0.05) is 23.5 Å². The first-order valence-electron chi connectivity index (χ1n) is 7.48. The second-order valence-electron chi connectivity index (χ2n) is 5.21. The Morgan fingerprint density at radius 3 is 2.58 bits per heavy atom. The van der Waals surface area contributed by atoms with Crippen molar-refractivity contribution in [1.82, 2.24) is 10.3 Å². The van der Waals surface area contributed by atoms with Gasteiger partial charge >= 0.3 is 5.51 Å². The molecule has 1 unspecified atom stereocenters. The molecule has 2 rings (SSSR count). The average molecular weight is 386 g/mol. The number of thioether (sulfide) groups is 1. The van der Waals surface area contributed by atoms with E-state index in [1.165, 1.54) is 32.5 Å². The zero-order valence-electron chi connectivity index (χ0n) is 14.3. The van der Waals surface area contributed by atoms with Crippen LogP contribution in [0.2, 0.25) is 0 Å². The Bertz CT molecular complexity index is 784. The van der Waals surface area contributed by atoms with Crippen molar-refractivity contribution in [2.24, 2.45) is 0 Å². The summed E-state index contributed by atoms with van der Waals surface area (Å²) in [6, 6.07) is 7.26. The van der Waals surface area contributed by atoms with E-state index < -0.39 is 34.2 Å². The zero-order valence-corrected chi connectivity index (χ0v) is 15.1. The third-order valence-corrected chi connectivity index (χ3v) is 4.23. The van der Waals surface area contributed by atoms with E-state index in [1.54, 1.807) is 25.1 Å². The Labute approximate surface area is 152 Å². The molecule has 9 heteroatoms. The summed E-state index contributed by atoms with van der Waals surface area (Å²) in [5, 5.41) is 2.27. The SMILES string of the molecule is COc1ccc(OC)c(C(C)NC(=O)c2cccnc2SC(F)(F)F)c1. The van der Waals surface area contributed by atoms with Crippen LogP contribution in [-0.4, -0.2) is 30.6 Å². The molecule has 140 valence electrons. The minimum absolute atomic E-state index is 0.150. The van der Waals surface area contributed by atoms with E-state index in [1.807, 2.05) is 0 Å². The van der Waals surface area contributed by atoms with Crippen LogP contribution in [0, 0.1) is 0 Å². The minimum Gasteiger partial charge on any atom is -0.497 e. The van der Waals surface area contributed by atoms with Crippen molar-refractivity contribution >= 4 is 17.7 Å². The minimum atomic E-state index is -4.54. The molecule has 0 spiro atoms. The maximum Gasteiger partial charge on any atom is 0.447 e. The summed E-state index contributed by atoms with van der Waals surface area (Å²) in [6.45, 7) is 1.70. The standard InChI is InChI=1S/C17H17F3N2O3S/c1-10(13-9-11(24-2)6-7-14(13)25-3)22-15(23)12-5-4-8-21-16(12)26-17(18,19)20/h4-10H,1-3H3,(H,22,23). The van der Waals surface area contributed by atoms with Crippen molar-refractivity contribution < 1.29 is 27.4 Å². The summed E-state index contributed by atoms with van der Waals surface area (Å²) in [4.78, 5) is 16.1. The number of rotatable bonds is 6. The van der Waals surface area contributed by atoms with Gasteiger partial charge in [0.2, 0.25) is 0 Å². The van der Waals surface area contributed by atoms with Gasteiger partial charge in [-0.3, -0.25) is 4.79 Å². The number of halogens is 3. The Hall–Kier alpha value is -2.42. The lowest BCUT2D eigenvalue weighted by atomic mass is 10.1. The first-order chi connectivity index (χ1) is 12.2. The number of methoxy groups -OCH3 is 2. The van der Waals surface area contributed by atoms with Crippen LogP contribution in [-0.2, 0) is 0 Å². The van der Waals surface area contributed by atoms with Gasteiger partial charge in [0.05, 0.1) is 25.8 Å². The number of nitrogens with zero attached hydrogens (tertiary/aromatic N) is 1. The Morgan fingerprint density at radius 1 is 1.23 bits per heavy atom. The van der Waals surface area contributed by atoms with Gasteiger partial charge in [-0.1, -0.05) is 0 Å². The quantitative estimate of drug-likeness (QED) is 0.754. The second-order valence-corrected chi connectivity index (χ2v) is 6.26. The zero-order chi connectivity index (χ0) is 19.3. The van der Waals surface area contributed by atoms with E-state index in [0.717, 1.165) is 0 Å². The Morgan fingerprint density at radius 2 is 1.96 bits per heavy atom. The topological polar surface area (TPSA) is 60.5 Å². The molecule has 26 heavy (non-hydrogen) atoms. The summed E-state index contributed by atoms with van der Waals surface area (Å²) in [6.07, 6.45) is 1.21. The molecule has 1 atom stereocenters. The van der Waals surface area contributed by atoms with Crippen LogP contribution in [0.3, 0.4) is 0 Å². The number of nitrogens with one attached hydrogen (secondary N) is 1. The Kier molecular flexibility index (Phi) is 6.36. The molecule has 2 aromatic rings. The molecule has 0 bridgehead atoms. The van der Waals surface area contributed by atoms with Crippen molar-refractivity contribution in [3.63, 3.8) is 0 Å². The molecule has 0 saturated heterocycles. The molecule has 0 saturated carbocycles. The van der Waals surface area contributed by atoms with Crippen LogP contribution < -0.4 is 14.8 Å². The summed E-state index contributed by atoms with van der Waals surface area (Å²) in [5.74, 6) is 0.425. The number of alkyl halides is 3. The molecular weight excluding hydrogens is 369 g/mol. The second kappa shape index (κ2) is 8.31. The highest BCUT2D eigenvalue weighted by Gasteiger charge is 2.32. The van der Waals surface area contributed by atoms with Crippen LogP contribution in [0.4, 0.5) is 13.2 Å². The molecule has 1 heterocycles. The van der Waals surface area contributed by atoms with Crippen molar-refractivity contribution in [3.8, 4) is 11.5 Å². The lowest BCUT2D eigenvalue weighted by Gasteiger charge is -2.19. The summed E-state index contributed by atoms with van der Waals surface area (Å²) in [5.41, 5.74) is -4.05. The molecule has 0 radical (unpaired) electrons. The third-order valence-electron chi connectivity index (χ3n) is 3.48. The van der Waals surface area contributed by atoms with E-state index in [0.29, 0.717) is 17.1 Å². The van der Waals surface area contributed by atoms with Crippen molar-refractivity contribution in [2.45, 2.75) is 23.5 Å². The van der Waals surface area contributed by atoms with E-state index in [9.17, 15) is 18.0 Å². The van der Waals surface area contributed by atoms with Crippen molar-refractivity contribution in [1.29, 1.82) is 0 Å². The number of carbonyl (C=O) groups is 1. The molecule has 1 aromatic heterocycles. The van der Waals surface area contributed by atoms with Gasteiger partial charge in [0.15, 0.2) is 0 Å². The van der Waals surface area contributed by atoms with Gasteiger partial charge in [0.25, 0.3) is 5.91 Å². The van der Waals surface area contributed by atoms with Gasteiger partial charge in [-0.15, -0.1) is 0 Å². The Balaban J connectivity index is 2.25.